The first-order valence-electron chi connectivity index (χ1n) is 5.52. The van der Waals surface area contributed by atoms with E-state index < -0.39 is 17.9 Å². The smallest absolute Gasteiger partial charge is 0.308 e. The van der Waals surface area contributed by atoms with Gasteiger partial charge < -0.3 is 14.2 Å². The Bertz CT molecular complexity index is 537. The topological polar surface area (TPSA) is 96.0 Å². The average Bonchev–Trinajstić information content (AvgIpc) is 2.30. The SMILES string of the molecule is CC(=O)Oc1cc(C=O)cc(OC(C)=O)c1OC(C)=O. The molecule has 0 aliphatic carbocycles. The van der Waals surface area contributed by atoms with Crippen molar-refractivity contribution in [1.29, 1.82) is 0 Å². The number of carbonyl (C=O) groups excluding carboxylic acids is 4. The van der Waals surface area contributed by atoms with Gasteiger partial charge in [-0.25, -0.2) is 0 Å². The minimum atomic E-state index is -0.703. The second-order valence-corrected chi connectivity index (χ2v) is 3.75. The summed E-state index contributed by atoms with van der Waals surface area (Å²) in [4.78, 5) is 43.9. The fourth-order valence-corrected chi connectivity index (χ4v) is 1.37. The summed E-state index contributed by atoms with van der Waals surface area (Å²) in [7, 11) is 0. The summed E-state index contributed by atoms with van der Waals surface area (Å²) in [5.74, 6) is -2.69. The van der Waals surface area contributed by atoms with Crippen LogP contribution < -0.4 is 14.2 Å². The Morgan fingerprint density at radius 2 is 1.25 bits per heavy atom. The number of aldehydes is 1. The summed E-state index contributed by atoms with van der Waals surface area (Å²) in [6, 6.07) is 2.39. The zero-order chi connectivity index (χ0) is 15.3. The van der Waals surface area contributed by atoms with E-state index in [0.29, 0.717) is 6.29 Å². The molecule has 7 nitrogen and oxygen atoms in total. The number of benzene rings is 1. The number of hydrogen-bond donors (Lipinski definition) is 0. The first-order chi connectivity index (χ1) is 9.33. The number of carbonyl (C=O) groups is 4. The van der Waals surface area contributed by atoms with Crippen molar-refractivity contribution in [1.82, 2.24) is 0 Å². The van der Waals surface area contributed by atoms with Crippen molar-refractivity contribution in [3.63, 3.8) is 0 Å². The van der Waals surface area contributed by atoms with Crippen molar-refractivity contribution in [2.24, 2.45) is 0 Å². The fourth-order valence-electron chi connectivity index (χ4n) is 1.37. The second kappa shape index (κ2) is 6.46. The first kappa shape index (κ1) is 15.4. The van der Waals surface area contributed by atoms with Crippen LogP contribution in [-0.4, -0.2) is 24.2 Å². The molecule has 0 amide bonds. The Hall–Kier alpha value is -2.70. The summed E-state index contributed by atoms with van der Waals surface area (Å²) >= 11 is 0. The third-order valence-corrected chi connectivity index (χ3v) is 1.93. The lowest BCUT2D eigenvalue weighted by molar-refractivity contribution is -0.135. The Labute approximate surface area is 114 Å². The molecule has 0 N–H and O–H groups in total. The summed E-state index contributed by atoms with van der Waals surface area (Å²) < 4.78 is 14.6. The maximum absolute atomic E-state index is 11.1. The van der Waals surface area contributed by atoms with Crippen LogP contribution in [-0.2, 0) is 14.4 Å². The van der Waals surface area contributed by atoms with Crippen molar-refractivity contribution in [2.75, 3.05) is 0 Å². The Morgan fingerprint density at radius 3 is 1.55 bits per heavy atom. The zero-order valence-electron chi connectivity index (χ0n) is 11.1. The van der Waals surface area contributed by atoms with Crippen LogP contribution in [0.15, 0.2) is 12.1 Å². The highest BCUT2D eigenvalue weighted by molar-refractivity contribution is 5.83. The molecule has 7 heteroatoms. The third kappa shape index (κ3) is 4.20. The lowest BCUT2D eigenvalue weighted by atomic mass is 10.2. The zero-order valence-corrected chi connectivity index (χ0v) is 11.1. The second-order valence-electron chi connectivity index (χ2n) is 3.75. The molecule has 0 bridgehead atoms. The number of hydrogen-bond acceptors (Lipinski definition) is 7. The van der Waals surface area contributed by atoms with Gasteiger partial charge in [-0.15, -0.1) is 0 Å². The monoisotopic (exact) mass is 280 g/mol. The molecular formula is C13H12O7. The van der Waals surface area contributed by atoms with Gasteiger partial charge in [-0.2, -0.15) is 0 Å². The van der Waals surface area contributed by atoms with Gasteiger partial charge in [-0.3, -0.25) is 19.2 Å². The molecule has 1 aromatic rings. The van der Waals surface area contributed by atoms with Gasteiger partial charge in [0, 0.05) is 26.3 Å². The van der Waals surface area contributed by atoms with Crippen LogP contribution in [0.1, 0.15) is 31.1 Å². The van der Waals surface area contributed by atoms with E-state index in [4.69, 9.17) is 14.2 Å². The van der Waals surface area contributed by atoms with E-state index in [1.54, 1.807) is 0 Å². The van der Waals surface area contributed by atoms with Crippen molar-refractivity contribution in [3.05, 3.63) is 17.7 Å². The lowest BCUT2D eigenvalue weighted by Gasteiger charge is -2.13. The lowest BCUT2D eigenvalue weighted by Crippen LogP contribution is -2.11. The number of rotatable bonds is 4. The van der Waals surface area contributed by atoms with Crippen LogP contribution in [0.3, 0.4) is 0 Å². The highest BCUT2D eigenvalue weighted by Crippen LogP contribution is 2.39. The van der Waals surface area contributed by atoms with Crippen LogP contribution in [0, 0.1) is 0 Å². The van der Waals surface area contributed by atoms with Gasteiger partial charge in [0.05, 0.1) is 0 Å². The third-order valence-electron chi connectivity index (χ3n) is 1.93. The van der Waals surface area contributed by atoms with Crippen LogP contribution in [0.25, 0.3) is 0 Å². The minimum Gasteiger partial charge on any atom is -0.423 e. The predicted molar refractivity (Wildman–Crippen MR) is 65.8 cm³/mol. The van der Waals surface area contributed by atoms with Gasteiger partial charge in [-0.05, 0) is 12.1 Å². The van der Waals surface area contributed by atoms with E-state index in [2.05, 4.69) is 0 Å². The van der Waals surface area contributed by atoms with Crippen molar-refractivity contribution in [3.8, 4) is 17.2 Å². The number of esters is 3. The molecule has 0 aliphatic rings. The highest BCUT2D eigenvalue weighted by Gasteiger charge is 2.19. The van der Waals surface area contributed by atoms with E-state index in [-0.39, 0.29) is 22.8 Å². The predicted octanol–water partition coefficient (Wildman–Crippen LogP) is 1.27. The van der Waals surface area contributed by atoms with Crippen molar-refractivity contribution in [2.45, 2.75) is 20.8 Å². The van der Waals surface area contributed by atoms with Gasteiger partial charge in [0.2, 0.25) is 5.75 Å². The Morgan fingerprint density at radius 1 is 0.850 bits per heavy atom. The highest BCUT2D eigenvalue weighted by atomic mass is 16.6. The molecule has 0 heterocycles. The van der Waals surface area contributed by atoms with E-state index in [0.717, 1.165) is 20.8 Å². The van der Waals surface area contributed by atoms with Gasteiger partial charge in [0.1, 0.15) is 6.29 Å². The molecule has 1 rings (SSSR count). The maximum atomic E-state index is 11.1. The molecule has 0 spiro atoms. The van der Waals surface area contributed by atoms with Crippen molar-refractivity contribution >= 4 is 24.2 Å². The summed E-state index contributed by atoms with van der Waals surface area (Å²) in [6.07, 6.45) is 0.470. The van der Waals surface area contributed by atoms with Crippen LogP contribution in [0.2, 0.25) is 0 Å². The van der Waals surface area contributed by atoms with Crippen LogP contribution in [0.5, 0.6) is 17.2 Å². The quantitative estimate of drug-likeness (QED) is 0.465. The molecule has 20 heavy (non-hydrogen) atoms. The fraction of sp³-hybridized carbons (Fsp3) is 0.231. The van der Waals surface area contributed by atoms with Crippen molar-refractivity contribution < 1.29 is 33.4 Å². The standard InChI is InChI=1S/C13H12O7/c1-7(15)18-11-4-10(6-14)5-12(19-8(2)16)13(11)20-9(3)17/h4-6H,1-3H3. The molecule has 1 aromatic carbocycles. The van der Waals surface area contributed by atoms with E-state index >= 15 is 0 Å². The van der Waals surface area contributed by atoms with Crippen LogP contribution >= 0.6 is 0 Å². The summed E-state index contributed by atoms with van der Waals surface area (Å²) in [5.41, 5.74) is 0.0911. The molecule has 0 aliphatic heterocycles. The van der Waals surface area contributed by atoms with Gasteiger partial charge in [0.15, 0.2) is 11.5 Å². The largest absolute Gasteiger partial charge is 0.423 e. The maximum Gasteiger partial charge on any atom is 0.308 e. The molecule has 0 radical (unpaired) electrons. The molecule has 0 saturated carbocycles. The van der Waals surface area contributed by atoms with Crippen LogP contribution in [0.4, 0.5) is 0 Å². The minimum absolute atomic E-state index is 0.0911. The molecule has 0 saturated heterocycles. The van der Waals surface area contributed by atoms with Gasteiger partial charge in [-0.1, -0.05) is 0 Å². The normalized spacial score (nSPS) is 9.55. The summed E-state index contributed by atoms with van der Waals surface area (Å²) in [6.45, 7) is 3.40. The van der Waals surface area contributed by atoms with E-state index in [1.807, 2.05) is 0 Å². The summed E-state index contributed by atoms with van der Waals surface area (Å²) in [5, 5.41) is 0. The van der Waals surface area contributed by atoms with E-state index in [9.17, 15) is 19.2 Å². The molecular weight excluding hydrogens is 268 g/mol. The molecule has 106 valence electrons. The van der Waals surface area contributed by atoms with Gasteiger partial charge >= 0.3 is 17.9 Å². The van der Waals surface area contributed by atoms with Gasteiger partial charge in [0.25, 0.3) is 0 Å². The average molecular weight is 280 g/mol. The molecule has 0 fully saturated rings. The molecule has 0 unspecified atom stereocenters. The molecule has 0 aromatic heterocycles. The Kier molecular flexibility index (Phi) is 4.96. The first-order valence-corrected chi connectivity index (χ1v) is 5.52. The Balaban J connectivity index is 3.42. The molecule has 0 atom stereocenters. The van der Waals surface area contributed by atoms with E-state index in [1.165, 1.54) is 12.1 Å². The number of ether oxygens (including phenoxy) is 3.